The number of para-hydroxylation sites is 1. The van der Waals surface area contributed by atoms with Gasteiger partial charge in [-0.1, -0.05) is 53.7 Å². The van der Waals surface area contributed by atoms with Gasteiger partial charge in [0.05, 0.1) is 21.7 Å². The van der Waals surface area contributed by atoms with Crippen molar-refractivity contribution in [3.63, 3.8) is 0 Å². The number of halogens is 1. The number of rotatable bonds is 8. The molecule has 9 heteroatoms. The van der Waals surface area contributed by atoms with Crippen LogP contribution in [0.2, 0.25) is 5.02 Å². The Bertz CT molecular complexity index is 1290. The molecule has 0 aliphatic rings. The van der Waals surface area contributed by atoms with E-state index in [0.717, 1.165) is 9.79 Å². The van der Waals surface area contributed by atoms with E-state index >= 15 is 0 Å². The molecule has 4 aromatic rings. The van der Waals surface area contributed by atoms with E-state index in [2.05, 4.69) is 5.32 Å². The van der Waals surface area contributed by atoms with E-state index in [9.17, 15) is 14.9 Å². The van der Waals surface area contributed by atoms with Gasteiger partial charge < -0.3 is 14.5 Å². The SMILES string of the molecule is O=C(Nc1ccccc1Sc1ccccc1)c1ccc(COc2cc([N+](=O)[O-])ccc2Cl)o1. The molecule has 3 aromatic carbocycles. The molecule has 0 fully saturated rings. The zero-order valence-electron chi connectivity index (χ0n) is 17.1. The summed E-state index contributed by atoms with van der Waals surface area (Å²) >= 11 is 7.58. The highest BCUT2D eigenvalue weighted by atomic mass is 35.5. The average molecular weight is 481 g/mol. The van der Waals surface area contributed by atoms with E-state index in [1.807, 2.05) is 54.6 Å². The normalized spacial score (nSPS) is 10.6. The van der Waals surface area contributed by atoms with Crippen molar-refractivity contribution in [3.05, 3.63) is 112 Å². The fraction of sp³-hybridized carbons (Fsp3) is 0.0417. The van der Waals surface area contributed by atoms with Gasteiger partial charge in [0.15, 0.2) is 5.76 Å². The summed E-state index contributed by atoms with van der Waals surface area (Å²) in [5, 5.41) is 14.0. The number of nitrogens with one attached hydrogen (secondary N) is 1. The summed E-state index contributed by atoms with van der Waals surface area (Å²) in [4.78, 5) is 25.1. The van der Waals surface area contributed by atoms with Crippen LogP contribution in [-0.4, -0.2) is 10.8 Å². The molecule has 7 nitrogen and oxygen atoms in total. The highest BCUT2D eigenvalue weighted by molar-refractivity contribution is 7.99. The molecule has 0 unspecified atom stereocenters. The Morgan fingerprint density at radius 2 is 1.79 bits per heavy atom. The van der Waals surface area contributed by atoms with Gasteiger partial charge in [-0.15, -0.1) is 0 Å². The van der Waals surface area contributed by atoms with E-state index in [1.165, 1.54) is 24.3 Å². The number of nitrogens with zero attached hydrogens (tertiary/aromatic N) is 1. The fourth-order valence-electron chi connectivity index (χ4n) is 2.90. The molecule has 1 aromatic heterocycles. The summed E-state index contributed by atoms with van der Waals surface area (Å²) < 4.78 is 11.1. The number of carbonyl (C=O) groups is 1. The number of hydrogen-bond acceptors (Lipinski definition) is 6. The second-order valence-electron chi connectivity index (χ2n) is 6.79. The molecule has 1 amide bonds. The van der Waals surface area contributed by atoms with Crippen LogP contribution in [0.1, 0.15) is 16.3 Å². The van der Waals surface area contributed by atoms with Crippen LogP contribution in [0, 0.1) is 10.1 Å². The Kier molecular flexibility index (Phi) is 6.97. The van der Waals surface area contributed by atoms with E-state index < -0.39 is 10.8 Å². The number of amides is 1. The van der Waals surface area contributed by atoms with Crippen molar-refractivity contribution in [2.24, 2.45) is 0 Å². The highest BCUT2D eigenvalue weighted by Gasteiger charge is 2.15. The average Bonchev–Trinajstić information content (AvgIpc) is 3.30. The minimum absolute atomic E-state index is 0.0470. The number of anilines is 1. The van der Waals surface area contributed by atoms with Gasteiger partial charge in [0.25, 0.3) is 11.6 Å². The van der Waals surface area contributed by atoms with Crippen LogP contribution in [0.3, 0.4) is 0 Å². The number of furan rings is 1. The van der Waals surface area contributed by atoms with Gasteiger partial charge >= 0.3 is 0 Å². The first-order valence-corrected chi connectivity index (χ1v) is 11.0. The largest absolute Gasteiger partial charge is 0.484 e. The van der Waals surface area contributed by atoms with Crippen molar-refractivity contribution in [1.29, 1.82) is 0 Å². The van der Waals surface area contributed by atoms with Crippen molar-refractivity contribution < 1.29 is 18.9 Å². The van der Waals surface area contributed by atoms with Gasteiger partial charge in [-0.2, -0.15) is 0 Å². The van der Waals surface area contributed by atoms with Crippen molar-refractivity contribution >= 4 is 40.6 Å². The quantitative estimate of drug-likeness (QED) is 0.219. The molecule has 1 N–H and O–H groups in total. The molecule has 0 aliphatic heterocycles. The van der Waals surface area contributed by atoms with Gasteiger partial charge in [0, 0.05) is 15.9 Å². The van der Waals surface area contributed by atoms with Crippen LogP contribution in [0.15, 0.2) is 99.1 Å². The predicted molar refractivity (Wildman–Crippen MR) is 126 cm³/mol. The molecule has 33 heavy (non-hydrogen) atoms. The Balaban J connectivity index is 1.42. The minimum Gasteiger partial charge on any atom is -0.484 e. The van der Waals surface area contributed by atoms with Gasteiger partial charge in [0.1, 0.15) is 18.1 Å². The maximum absolute atomic E-state index is 12.7. The fourth-order valence-corrected chi connectivity index (χ4v) is 4.00. The molecule has 0 spiro atoms. The number of nitro groups is 1. The third-order valence-electron chi connectivity index (χ3n) is 4.49. The molecule has 0 bridgehead atoms. The third-order valence-corrected chi connectivity index (χ3v) is 5.88. The van der Waals surface area contributed by atoms with E-state index in [4.69, 9.17) is 20.8 Å². The number of non-ortho nitro benzene ring substituents is 1. The lowest BCUT2D eigenvalue weighted by molar-refractivity contribution is -0.384. The molecule has 166 valence electrons. The standard InChI is InChI=1S/C24H17ClN2O5S/c25-19-12-10-16(27(29)30)14-22(19)31-15-17-11-13-21(32-17)24(28)26-20-8-4-5-9-23(20)33-18-6-2-1-3-7-18/h1-14H,15H2,(H,26,28). The summed E-state index contributed by atoms with van der Waals surface area (Å²) in [7, 11) is 0. The number of carbonyl (C=O) groups excluding carboxylic acids is 1. The van der Waals surface area contributed by atoms with Crippen molar-refractivity contribution in [3.8, 4) is 5.75 Å². The Hall–Kier alpha value is -3.75. The second-order valence-corrected chi connectivity index (χ2v) is 8.31. The van der Waals surface area contributed by atoms with Crippen LogP contribution in [0.5, 0.6) is 5.75 Å². The molecule has 0 atom stereocenters. The van der Waals surface area contributed by atoms with Gasteiger partial charge in [0.2, 0.25) is 0 Å². The van der Waals surface area contributed by atoms with E-state index in [0.29, 0.717) is 11.4 Å². The summed E-state index contributed by atoms with van der Waals surface area (Å²) in [5.74, 6) is 0.226. The predicted octanol–water partition coefficient (Wildman–Crippen LogP) is 6.82. The number of benzene rings is 3. The van der Waals surface area contributed by atoms with Crippen molar-refractivity contribution in [2.75, 3.05) is 5.32 Å². The zero-order valence-corrected chi connectivity index (χ0v) is 18.6. The monoisotopic (exact) mass is 480 g/mol. The van der Waals surface area contributed by atoms with Crippen molar-refractivity contribution in [2.45, 2.75) is 16.4 Å². The molecule has 0 aliphatic carbocycles. The van der Waals surface area contributed by atoms with Crippen LogP contribution < -0.4 is 10.1 Å². The molecule has 0 radical (unpaired) electrons. The van der Waals surface area contributed by atoms with Gasteiger partial charge in [-0.05, 0) is 42.5 Å². The smallest absolute Gasteiger partial charge is 0.291 e. The lowest BCUT2D eigenvalue weighted by Crippen LogP contribution is -2.11. The number of hydrogen-bond donors (Lipinski definition) is 1. The summed E-state index contributed by atoms with van der Waals surface area (Å²) in [6, 6.07) is 24.4. The van der Waals surface area contributed by atoms with Crippen LogP contribution in [-0.2, 0) is 6.61 Å². The summed E-state index contributed by atoms with van der Waals surface area (Å²) in [6.45, 7) is -0.0470. The van der Waals surface area contributed by atoms with E-state index in [1.54, 1.807) is 17.8 Å². The maximum atomic E-state index is 12.7. The maximum Gasteiger partial charge on any atom is 0.291 e. The van der Waals surface area contributed by atoms with Crippen LogP contribution in [0.4, 0.5) is 11.4 Å². The molecule has 1 heterocycles. The molecule has 0 saturated heterocycles. The van der Waals surface area contributed by atoms with Gasteiger partial charge in [-0.3, -0.25) is 14.9 Å². The highest BCUT2D eigenvalue weighted by Crippen LogP contribution is 2.33. The first-order valence-electron chi connectivity index (χ1n) is 9.78. The molecule has 4 rings (SSSR count). The first-order chi connectivity index (χ1) is 16.0. The topological polar surface area (TPSA) is 94.6 Å². The summed E-state index contributed by atoms with van der Waals surface area (Å²) in [6.07, 6.45) is 0. The number of ether oxygens (including phenoxy) is 1. The zero-order chi connectivity index (χ0) is 23.2. The Labute approximate surface area is 198 Å². The van der Waals surface area contributed by atoms with E-state index in [-0.39, 0.29) is 28.8 Å². The Morgan fingerprint density at radius 3 is 2.58 bits per heavy atom. The minimum atomic E-state index is -0.535. The number of nitro benzene ring substituents is 1. The van der Waals surface area contributed by atoms with Gasteiger partial charge in [-0.25, -0.2) is 0 Å². The summed E-state index contributed by atoms with van der Waals surface area (Å²) in [5.41, 5.74) is 0.523. The molecule has 0 saturated carbocycles. The lowest BCUT2D eigenvalue weighted by Gasteiger charge is -2.10. The van der Waals surface area contributed by atoms with Crippen molar-refractivity contribution in [1.82, 2.24) is 0 Å². The lowest BCUT2D eigenvalue weighted by atomic mass is 10.3. The van der Waals surface area contributed by atoms with Crippen LogP contribution >= 0.6 is 23.4 Å². The molecular weight excluding hydrogens is 464 g/mol. The Morgan fingerprint density at radius 1 is 1.03 bits per heavy atom. The second kappa shape index (κ2) is 10.2. The third kappa shape index (κ3) is 5.74. The first kappa shape index (κ1) is 22.4. The van der Waals surface area contributed by atoms with Crippen LogP contribution in [0.25, 0.3) is 0 Å². The molecular formula is C24H17ClN2O5S.